The van der Waals surface area contributed by atoms with Crippen LogP contribution >= 0.6 is 11.6 Å². The minimum absolute atomic E-state index is 0.0797. The summed E-state index contributed by atoms with van der Waals surface area (Å²) in [5.41, 5.74) is -1.10. The third-order valence-electron chi connectivity index (χ3n) is 7.52. The summed E-state index contributed by atoms with van der Waals surface area (Å²) >= 11 is 5.54. The number of hydrogen-bond acceptors (Lipinski definition) is 2. The van der Waals surface area contributed by atoms with Crippen molar-refractivity contribution in [2.45, 2.75) is 76.4 Å². The smallest absolute Gasteiger partial charge is 0.429 e. The van der Waals surface area contributed by atoms with E-state index in [0.717, 1.165) is 82.2 Å². The molecular formula is C27H30ClF5O2. The van der Waals surface area contributed by atoms with Crippen LogP contribution in [0.1, 0.15) is 75.3 Å². The van der Waals surface area contributed by atoms with Gasteiger partial charge >= 0.3 is 6.11 Å². The number of benzene rings is 2. The Hall–Kier alpha value is -1.86. The quantitative estimate of drug-likeness (QED) is 0.342. The second-order valence-corrected chi connectivity index (χ2v) is 10.1. The van der Waals surface area contributed by atoms with Crippen LogP contribution in [0.4, 0.5) is 22.0 Å². The van der Waals surface area contributed by atoms with Crippen LogP contribution in [0.3, 0.4) is 0 Å². The fourth-order valence-electron chi connectivity index (χ4n) is 5.73. The zero-order valence-corrected chi connectivity index (χ0v) is 20.4. The predicted molar refractivity (Wildman–Crippen MR) is 124 cm³/mol. The standard InChI is InChI=1S/C27H30ClF5O2/c1-2-34-20-9-7-17(8-10-20)16-3-5-18(6-4-16)19-13-24(30)26(25(31)14-19)27(32,33)35-21-11-12-22(28)23(29)15-21/h11-18,20H,2-10H2,1H3. The van der Waals surface area contributed by atoms with E-state index in [4.69, 9.17) is 16.3 Å². The highest BCUT2D eigenvalue weighted by Crippen LogP contribution is 2.44. The summed E-state index contributed by atoms with van der Waals surface area (Å²) in [4.78, 5) is 0. The van der Waals surface area contributed by atoms with Crippen LogP contribution in [0.5, 0.6) is 5.75 Å². The van der Waals surface area contributed by atoms with E-state index < -0.39 is 34.9 Å². The molecule has 2 saturated carbocycles. The maximum Gasteiger partial charge on any atom is 0.432 e. The van der Waals surface area contributed by atoms with Gasteiger partial charge < -0.3 is 9.47 Å². The van der Waals surface area contributed by atoms with Crippen molar-refractivity contribution < 1.29 is 31.4 Å². The lowest BCUT2D eigenvalue weighted by Crippen LogP contribution is -2.28. The molecule has 0 amide bonds. The highest BCUT2D eigenvalue weighted by Gasteiger charge is 2.42. The SMILES string of the molecule is CCOC1CCC(C2CCC(c3cc(F)c(C(F)(F)Oc4ccc(Cl)c(F)c4)c(F)c3)CC2)CC1. The maximum absolute atomic E-state index is 14.8. The topological polar surface area (TPSA) is 18.5 Å². The van der Waals surface area contributed by atoms with Crippen molar-refractivity contribution >= 4 is 11.6 Å². The number of hydrogen-bond donors (Lipinski definition) is 0. The van der Waals surface area contributed by atoms with E-state index in [-0.39, 0.29) is 10.9 Å². The molecular weight excluding hydrogens is 487 g/mol. The van der Waals surface area contributed by atoms with Crippen LogP contribution in [-0.2, 0) is 10.8 Å². The van der Waals surface area contributed by atoms with E-state index in [2.05, 4.69) is 4.74 Å². The summed E-state index contributed by atoms with van der Waals surface area (Å²) in [7, 11) is 0. The van der Waals surface area contributed by atoms with E-state index in [1.165, 1.54) is 0 Å². The van der Waals surface area contributed by atoms with Gasteiger partial charge in [-0.2, -0.15) is 8.78 Å². The van der Waals surface area contributed by atoms with E-state index in [9.17, 15) is 22.0 Å². The first-order valence-corrected chi connectivity index (χ1v) is 12.7. The van der Waals surface area contributed by atoms with Gasteiger partial charge in [-0.15, -0.1) is 0 Å². The molecule has 35 heavy (non-hydrogen) atoms. The van der Waals surface area contributed by atoms with Gasteiger partial charge in [0.25, 0.3) is 0 Å². The lowest BCUT2D eigenvalue weighted by Gasteiger charge is -2.38. The lowest BCUT2D eigenvalue weighted by molar-refractivity contribution is -0.189. The molecule has 0 spiro atoms. The van der Waals surface area contributed by atoms with E-state index in [0.29, 0.717) is 29.6 Å². The highest BCUT2D eigenvalue weighted by molar-refractivity contribution is 6.30. The number of ether oxygens (including phenoxy) is 2. The molecule has 2 aliphatic rings. The zero-order chi connectivity index (χ0) is 25.2. The van der Waals surface area contributed by atoms with E-state index in [1.807, 2.05) is 6.92 Å². The summed E-state index contributed by atoms with van der Waals surface area (Å²) in [6.45, 7) is 2.75. The first-order chi connectivity index (χ1) is 16.7. The number of rotatable bonds is 7. The van der Waals surface area contributed by atoms with Crippen LogP contribution in [0.2, 0.25) is 5.02 Å². The fraction of sp³-hybridized carbons (Fsp3) is 0.556. The second-order valence-electron chi connectivity index (χ2n) is 9.66. The summed E-state index contributed by atoms with van der Waals surface area (Å²) in [6.07, 6.45) is 3.93. The fourth-order valence-corrected chi connectivity index (χ4v) is 5.85. The molecule has 0 radical (unpaired) electrons. The minimum Gasteiger partial charge on any atom is -0.429 e. The molecule has 2 fully saturated rings. The Morgan fingerprint density at radius 1 is 0.829 bits per heavy atom. The molecule has 0 heterocycles. The molecule has 0 bridgehead atoms. The molecule has 0 atom stereocenters. The first-order valence-electron chi connectivity index (χ1n) is 12.3. The number of alkyl halides is 2. The second kappa shape index (κ2) is 11.0. The van der Waals surface area contributed by atoms with Crippen LogP contribution in [0.25, 0.3) is 0 Å². The van der Waals surface area contributed by atoms with Gasteiger partial charge in [-0.1, -0.05) is 11.6 Å². The Balaban J connectivity index is 1.40. The van der Waals surface area contributed by atoms with Crippen LogP contribution in [0, 0.1) is 29.3 Å². The monoisotopic (exact) mass is 516 g/mol. The summed E-state index contributed by atoms with van der Waals surface area (Å²) < 4.78 is 82.6. The molecule has 2 aliphatic carbocycles. The Bertz CT molecular complexity index is 992. The van der Waals surface area contributed by atoms with Crippen molar-refractivity contribution in [2.75, 3.05) is 6.61 Å². The highest BCUT2D eigenvalue weighted by atomic mass is 35.5. The molecule has 0 unspecified atom stereocenters. The van der Waals surface area contributed by atoms with Crippen molar-refractivity contribution in [2.24, 2.45) is 11.8 Å². The van der Waals surface area contributed by atoms with Crippen molar-refractivity contribution in [1.82, 2.24) is 0 Å². The average Bonchev–Trinajstić information content (AvgIpc) is 2.81. The third-order valence-corrected chi connectivity index (χ3v) is 7.83. The van der Waals surface area contributed by atoms with Crippen LogP contribution in [0.15, 0.2) is 30.3 Å². The van der Waals surface area contributed by atoms with E-state index in [1.54, 1.807) is 0 Å². The summed E-state index contributed by atoms with van der Waals surface area (Å²) in [6, 6.07) is 4.64. The van der Waals surface area contributed by atoms with Crippen molar-refractivity contribution in [3.63, 3.8) is 0 Å². The molecule has 0 aromatic heterocycles. The van der Waals surface area contributed by atoms with Crippen molar-refractivity contribution in [1.29, 1.82) is 0 Å². The Morgan fingerprint density at radius 3 is 1.94 bits per heavy atom. The first kappa shape index (κ1) is 26.2. The van der Waals surface area contributed by atoms with Gasteiger partial charge in [0.15, 0.2) is 0 Å². The van der Waals surface area contributed by atoms with Gasteiger partial charge in [0.05, 0.1) is 11.1 Å². The molecule has 4 rings (SSSR count). The summed E-state index contributed by atoms with van der Waals surface area (Å²) in [5, 5.41) is -0.282. The Kier molecular flexibility index (Phi) is 8.26. The van der Waals surface area contributed by atoms with Crippen molar-refractivity contribution in [3.05, 3.63) is 63.9 Å². The van der Waals surface area contributed by atoms with Crippen molar-refractivity contribution in [3.8, 4) is 5.75 Å². The normalized spacial score (nSPS) is 25.5. The molecule has 0 saturated heterocycles. The Morgan fingerprint density at radius 2 is 1.40 bits per heavy atom. The maximum atomic E-state index is 14.8. The van der Waals surface area contributed by atoms with Gasteiger partial charge in [0.1, 0.15) is 28.8 Å². The molecule has 0 N–H and O–H groups in total. The predicted octanol–water partition coefficient (Wildman–Crippen LogP) is 8.75. The van der Waals surface area contributed by atoms with Gasteiger partial charge in [0.2, 0.25) is 0 Å². The average molecular weight is 517 g/mol. The molecule has 2 aromatic carbocycles. The minimum atomic E-state index is -4.33. The lowest BCUT2D eigenvalue weighted by atomic mass is 9.69. The number of halogens is 6. The molecule has 0 aliphatic heterocycles. The molecule has 2 aromatic rings. The molecule has 192 valence electrons. The Labute approximate surface area is 207 Å². The van der Waals surface area contributed by atoms with Gasteiger partial charge in [0, 0.05) is 12.7 Å². The third kappa shape index (κ3) is 6.11. The van der Waals surface area contributed by atoms with Gasteiger partial charge in [-0.3, -0.25) is 0 Å². The largest absolute Gasteiger partial charge is 0.432 e. The zero-order valence-electron chi connectivity index (χ0n) is 19.6. The summed E-state index contributed by atoms with van der Waals surface area (Å²) in [5.74, 6) is -3.17. The van der Waals surface area contributed by atoms with E-state index >= 15 is 0 Å². The molecule has 2 nitrogen and oxygen atoms in total. The van der Waals surface area contributed by atoms with Gasteiger partial charge in [-0.25, -0.2) is 13.2 Å². The molecule has 8 heteroatoms. The van der Waals surface area contributed by atoms with Crippen LogP contribution in [-0.4, -0.2) is 12.7 Å². The van der Waals surface area contributed by atoms with Crippen LogP contribution < -0.4 is 4.74 Å². The van der Waals surface area contributed by atoms with Gasteiger partial charge in [-0.05, 0) is 106 Å².